The predicted octanol–water partition coefficient (Wildman–Crippen LogP) is 3.79. The van der Waals surface area contributed by atoms with Crippen molar-refractivity contribution in [1.82, 2.24) is 4.98 Å². The van der Waals surface area contributed by atoms with Gasteiger partial charge in [0, 0.05) is 0 Å². The molecular weight excluding hydrogens is 364 g/mol. The van der Waals surface area contributed by atoms with E-state index in [4.69, 9.17) is 4.74 Å². The second-order valence-electron chi connectivity index (χ2n) is 6.14. The summed E-state index contributed by atoms with van der Waals surface area (Å²) >= 11 is 1.34. The van der Waals surface area contributed by atoms with Gasteiger partial charge in [-0.2, -0.15) is 0 Å². The van der Waals surface area contributed by atoms with Crippen LogP contribution < -0.4 is 9.64 Å². The molecule has 1 amide bonds. The van der Waals surface area contributed by atoms with E-state index in [9.17, 15) is 14.7 Å². The third-order valence-electron chi connectivity index (χ3n) is 4.49. The second-order valence-corrected chi connectivity index (χ2v) is 7.15. The minimum atomic E-state index is -0.759. The zero-order chi connectivity index (χ0) is 19.1. The molecular formula is C20H16N2O4S. The highest BCUT2D eigenvalue weighted by Crippen LogP contribution is 2.43. The third-order valence-corrected chi connectivity index (χ3v) is 5.52. The van der Waals surface area contributed by atoms with Gasteiger partial charge in [-0.05, 0) is 36.8 Å². The van der Waals surface area contributed by atoms with Crippen LogP contribution in [0.4, 0.5) is 5.13 Å². The number of aromatic nitrogens is 1. The van der Waals surface area contributed by atoms with Crippen molar-refractivity contribution >= 4 is 38.4 Å². The van der Waals surface area contributed by atoms with Crippen molar-refractivity contribution in [1.29, 1.82) is 0 Å². The lowest BCUT2D eigenvalue weighted by Crippen LogP contribution is -2.30. The molecule has 0 radical (unpaired) electrons. The molecule has 0 saturated carbocycles. The molecule has 0 fully saturated rings. The molecule has 6 nitrogen and oxygen atoms in total. The number of hydrogen-bond acceptors (Lipinski definition) is 6. The van der Waals surface area contributed by atoms with E-state index in [1.165, 1.54) is 23.2 Å². The fourth-order valence-electron chi connectivity index (χ4n) is 3.25. The minimum absolute atomic E-state index is 0.0625. The topological polar surface area (TPSA) is 79.7 Å². The lowest BCUT2D eigenvalue weighted by molar-refractivity contribution is -0.117. The van der Waals surface area contributed by atoms with Crippen LogP contribution in [-0.4, -0.2) is 28.9 Å². The first-order valence-electron chi connectivity index (χ1n) is 8.28. The van der Waals surface area contributed by atoms with E-state index >= 15 is 0 Å². The molecule has 0 spiro atoms. The molecule has 1 atom stereocenters. The monoisotopic (exact) mass is 380 g/mol. The lowest BCUT2D eigenvalue weighted by atomic mass is 9.97. The average molecular weight is 380 g/mol. The number of Topliss-reactive ketones (excluding diaryl/α,β-unsaturated/α-hetero) is 1. The Hall–Kier alpha value is -3.19. The van der Waals surface area contributed by atoms with E-state index < -0.39 is 17.7 Å². The molecule has 2 aromatic carbocycles. The number of methoxy groups -OCH3 is 1. The van der Waals surface area contributed by atoms with Gasteiger partial charge >= 0.3 is 0 Å². The van der Waals surface area contributed by atoms with Crippen molar-refractivity contribution in [2.75, 3.05) is 12.0 Å². The minimum Gasteiger partial charge on any atom is -0.503 e. The number of thiazole rings is 1. The van der Waals surface area contributed by atoms with Crippen molar-refractivity contribution in [2.24, 2.45) is 0 Å². The predicted molar refractivity (Wildman–Crippen MR) is 103 cm³/mol. The van der Waals surface area contributed by atoms with Crippen LogP contribution in [0.25, 0.3) is 10.2 Å². The number of amides is 1. The van der Waals surface area contributed by atoms with Crippen molar-refractivity contribution in [3.63, 3.8) is 0 Å². The number of ketones is 1. The number of carbonyl (C=O) groups excluding carboxylic acids is 2. The lowest BCUT2D eigenvalue weighted by Gasteiger charge is -2.24. The van der Waals surface area contributed by atoms with Gasteiger partial charge < -0.3 is 9.84 Å². The SMILES string of the molecule is COc1cccc([C@H]2C(C(C)=O)=C(O)C(=O)N2c2nc3ccccc3s2)c1. The van der Waals surface area contributed by atoms with Gasteiger partial charge in [0.25, 0.3) is 5.91 Å². The maximum Gasteiger partial charge on any atom is 0.296 e. The van der Waals surface area contributed by atoms with Gasteiger partial charge in [0.2, 0.25) is 0 Å². The Morgan fingerprint density at radius 2 is 2.00 bits per heavy atom. The Bertz CT molecular complexity index is 1070. The maximum atomic E-state index is 12.8. The van der Waals surface area contributed by atoms with Crippen molar-refractivity contribution < 1.29 is 19.4 Å². The highest BCUT2D eigenvalue weighted by molar-refractivity contribution is 7.22. The molecule has 3 aromatic rings. The number of hydrogen-bond donors (Lipinski definition) is 1. The van der Waals surface area contributed by atoms with Crippen molar-refractivity contribution in [2.45, 2.75) is 13.0 Å². The van der Waals surface area contributed by atoms with Crippen LogP contribution in [0, 0.1) is 0 Å². The third kappa shape index (κ3) is 2.76. The van der Waals surface area contributed by atoms with E-state index in [1.807, 2.05) is 24.3 Å². The van der Waals surface area contributed by atoms with Crippen LogP contribution in [0.15, 0.2) is 59.9 Å². The summed E-state index contributed by atoms with van der Waals surface area (Å²) in [6, 6.07) is 13.9. The van der Waals surface area contributed by atoms with Crippen molar-refractivity contribution in [3.05, 3.63) is 65.4 Å². The van der Waals surface area contributed by atoms with Gasteiger partial charge in [0.15, 0.2) is 16.7 Å². The number of aliphatic hydroxyl groups is 1. The zero-order valence-corrected chi connectivity index (χ0v) is 15.5. The molecule has 7 heteroatoms. The Morgan fingerprint density at radius 1 is 1.22 bits per heavy atom. The summed E-state index contributed by atoms with van der Waals surface area (Å²) in [5, 5.41) is 10.8. The van der Waals surface area contributed by atoms with Crippen LogP contribution in [0.5, 0.6) is 5.75 Å². The number of aliphatic hydroxyl groups excluding tert-OH is 1. The zero-order valence-electron chi connectivity index (χ0n) is 14.7. The number of para-hydroxylation sites is 1. The van der Waals surface area contributed by atoms with Crippen LogP contribution in [0.3, 0.4) is 0 Å². The number of fused-ring (bicyclic) bond motifs is 1. The van der Waals surface area contributed by atoms with E-state index in [0.29, 0.717) is 16.4 Å². The molecule has 27 heavy (non-hydrogen) atoms. The number of benzene rings is 2. The standard InChI is InChI=1S/C20H16N2O4S/c1-11(23)16-17(12-6-5-7-13(10-12)26-2)22(19(25)18(16)24)20-21-14-8-3-4-9-15(14)27-20/h3-10,17,24H,1-2H3/t17-/m0/s1. The van der Waals surface area contributed by atoms with Gasteiger partial charge in [-0.3, -0.25) is 14.5 Å². The summed E-state index contributed by atoms with van der Waals surface area (Å²) < 4.78 is 6.19. The van der Waals surface area contributed by atoms with Crippen LogP contribution >= 0.6 is 11.3 Å². The second kappa shape index (κ2) is 6.51. The van der Waals surface area contributed by atoms with Crippen LogP contribution in [0.1, 0.15) is 18.5 Å². The molecule has 0 bridgehead atoms. The largest absolute Gasteiger partial charge is 0.503 e. The fraction of sp³-hybridized carbons (Fsp3) is 0.150. The van der Waals surface area contributed by atoms with Gasteiger partial charge in [-0.25, -0.2) is 4.98 Å². The first-order valence-corrected chi connectivity index (χ1v) is 9.10. The molecule has 1 aliphatic rings. The normalized spacial score (nSPS) is 17.0. The highest BCUT2D eigenvalue weighted by Gasteiger charge is 2.44. The Balaban J connectivity index is 1.90. The summed E-state index contributed by atoms with van der Waals surface area (Å²) in [5.41, 5.74) is 1.48. The summed E-state index contributed by atoms with van der Waals surface area (Å²) in [4.78, 5) is 31.0. The smallest absolute Gasteiger partial charge is 0.296 e. The first-order chi connectivity index (χ1) is 13.0. The fourth-order valence-corrected chi connectivity index (χ4v) is 4.24. The molecule has 136 valence electrons. The van der Waals surface area contributed by atoms with Crippen LogP contribution in [-0.2, 0) is 9.59 Å². The van der Waals surface area contributed by atoms with E-state index in [1.54, 1.807) is 31.4 Å². The molecule has 0 unspecified atom stereocenters. The average Bonchev–Trinajstić information content (AvgIpc) is 3.20. The first kappa shape index (κ1) is 17.2. The van der Waals surface area contributed by atoms with Gasteiger partial charge in [0.05, 0.1) is 28.9 Å². The summed E-state index contributed by atoms with van der Waals surface area (Å²) in [5.74, 6) is -0.933. The summed E-state index contributed by atoms with van der Waals surface area (Å²) in [6.45, 7) is 1.34. The quantitative estimate of drug-likeness (QED) is 0.745. The summed E-state index contributed by atoms with van der Waals surface area (Å²) in [6.07, 6.45) is 0. The number of ether oxygens (including phenoxy) is 1. The Kier molecular flexibility index (Phi) is 4.16. The molecule has 2 heterocycles. The molecule has 0 aliphatic carbocycles. The van der Waals surface area contributed by atoms with Crippen LogP contribution in [0.2, 0.25) is 0 Å². The number of carbonyl (C=O) groups is 2. The number of nitrogens with zero attached hydrogens (tertiary/aromatic N) is 2. The molecule has 1 N–H and O–H groups in total. The number of rotatable bonds is 4. The highest BCUT2D eigenvalue weighted by atomic mass is 32.1. The summed E-state index contributed by atoms with van der Waals surface area (Å²) in [7, 11) is 1.55. The number of anilines is 1. The van der Waals surface area contributed by atoms with Crippen molar-refractivity contribution in [3.8, 4) is 5.75 Å². The van der Waals surface area contributed by atoms with Gasteiger partial charge in [-0.15, -0.1) is 0 Å². The van der Waals surface area contributed by atoms with Gasteiger partial charge in [0.1, 0.15) is 5.75 Å². The Labute approximate surface area is 159 Å². The molecule has 4 rings (SSSR count). The molecule has 1 aromatic heterocycles. The van der Waals surface area contributed by atoms with E-state index in [2.05, 4.69) is 4.98 Å². The molecule has 0 saturated heterocycles. The van der Waals surface area contributed by atoms with E-state index in [0.717, 1.165) is 10.2 Å². The maximum absolute atomic E-state index is 12.8. The molecule has 1 aliphatic heterocycles. The van der Waals surface area contributed by atoms with E-state index in [-0.39, 0.29) is 11.4 Å². The van der Waals surface area contributed by atoms with Gasteiger partial charge in [-0.1, -0.05) is 35.6 Å². The Morgan fingerprint density at radius 3 is 2.70 bits per heavy atom.